The van der Waals surface area contributed by atoms with E-state index in [0.717, 1.165) is 27.8 Å². The van der Waals surface area contributed by atoms with E-state index in [1.807, 2.05) is 60.7 Å². The third kappa shape index (κ3) is 2.85. The van der Waals surface area contributed by atoms with Crippen molar-refractivity contribution >= 4 is 46.4 Å². The molecule has 2 aliphatic rings. The van der Waals surface area contributed by atoms with Gasteiger partial charge in [-0.2, -0.15) is 0 Å². The van der Waals surface area contributed by atoms with Gasteiger partial charge in [0.25, 0.3) is 0 Å². The second-order valence-corrected chi connectivity index (χ2v) is 6.73. The van der Waals surface area contributed by atoms with Gasteiger partial charge in [0.1, 0.15) is 0 Å². The van der Waals surface area contributed by atoms with Gasteiger partial charge in [0.05, 0.1) is 36.0 Å². The quantitative estimate of drug-likeness (QED) is 0.381. The molecule has 0 fully saturated rings. The van der Waals surface area contributed by atoms with Gasteiger partial charge >= 0.3 is 0 Å². The molecule has 6 heteroatoms. The van der Waals surface area contributed by atoms with Gasteiger partial charge in [-0.1, -0.05) is 0 Å². The van der Waals surface area contributed by atoms with Crippen molar-refractivity contribution in [1.82, 2.24) is 19.9 Å². The lowest BCUT2D eigenvalue weighted by molar-refractivity contribution is 0.280. The molecule has 6 nitrogen and oxygen atoms in total. The predicted molar refractivity (Wildman–Crippen MR) is 111 cm³/mol. The molecule has 0 atom stereocenters. The molecule has 0 radical (unpaired) electrons. The summed E-state index contributed by atoms with van der Waals surface area (Å²) in [5, 5.41) is 19.9. The highest BCUT2D eigenvalue weighted by molar-refractivity contribution is 5.81. The lowest BCUT2D eigenvalue weighted by atomic mass is 10.1. The smallest absolute Gasteiger partial charge is 0.0724 e. The van der Waals surface area contributed by atoms with Crippen molar-refractivity contribution in [2.24, 2.45) is 0 Å². The van der Waals surface area contributed by atoms with Crippen LogP contribution in [0.5, 0.6) is 0 Å². The topological polar surface area (TPSA) is 97.8 Å². The molecule has 3 aromatic heterocycles. The van der Waals surface area contributed by atoms with E-state index in [-0.39, 0.29) is 13.2 Å². The monoisotopic (exact) mass is 370 g/mol. The Hall–Kier alpha value is -3.48. The van der Waals surface area contributed by atoms with Crippen molar-refractivity contribution < 1.29 is 10.2 Å². The van der Waals surface area contributed by atoms with Crippen molar-refractivity contribution in [2.45, 2.75) is 13.2 Å². The fourth-order valence-electron chi connectivity index (χ4n) is 3.52. The zero-order valence-corrected chi connectivity index (χ0v) is 15.0. The lowest BCUT2D eigenvalue weighted by Gasteiger charge is -1.99. The number of fused-ring (bicyclic) bond motifs is 8. The molecule has 0 spiro atoms. The highest BCUT2D eigenvalue weighted by Gasteiger charge is 2.13. The Morgan fingerprint density at radius 3 is 2.04 bits per heavy atom. The van der Waals surface area contributed by atoms with Crippen LogP contribution >= 0.6 is 0 Å². The van der Waals surface area contributed by atoms with Gasteiger partial charge in [-0.15, -0.1) is 0 Å². The van der Waals surface area contributed by atoms with Crippen LogP contribution in [0.25, 0.3) is 46.4 Å². The summed E-state index contributed by atoms with van der Waals surface area (Å²) in [5.74, 6) is 0. The van der Waals surface area contributed by atoms with Gasteiger partial charge < -0.3 is 20.2 Å². The summed E-state index contributed by atoms with van der Waals surface area (Å²) in [6.45, 7) is -0.319. The van der Waals surface area contributed by atoms with E-state index >= 15 is 0 Å². The van der Waals surface area contributed by atoms with Crippen LogP contribution in [0.1, 0.15) is 33.9 Å². The van der Waals surface area contributed by atoms with Crippen molar-refractivity contribution in [3.8, 4) is 0 Å². The van der Waals surface area contributed by atoms with Crippen LogP contribution in [0.4, 0.5) is 0 Å². The molecule has 138 valence electrons. The number of aliphatic hydroxyl groups excluding tert-OH is 2. The van der Waals surface area contributed by atoms with Crippen molar-refractivity contribution in [3.05, 3.63) is 70.3 Å². The van der Waals surface area contributed by atoms with Crippen LogP contribution in [0.15, 0.2) is 36.4 Å². The largest absolute Gasteiger partial charge is 0.392 e. The van der Waals surface area contributed by atoms with E-state index < -0.39 is 0 Å². The highest BCUT2D eigenvalue weighted by Crippen LogP contribution is 2.24. The number of aliphatic hydroxyl groups is 2. The van der Waals surface area contributed by atoms with Gasteiger partial charge in [-0.3, -0.25) is 0 Å². The Bertz CT molecular complexity index is 1290. The third-order valence-corrected chi connectivity index (χ3v) is 4.92. The first-order valence-electron chi connectivity index (χ1n) is 9.03. The van der Waals surface area contributed by atoms with Gasteiger partial charge in [0.15, 0.2) is 0 Å². The highest BCUT2D eigenvalue weighted by atomic mass is 16.3. The Morgan fingerprint density at radius 1 is 0.643 bits per heavy atom. The second-order valence-electron chi connectivity index (χ2n) is 6.73. The van der Waals surface area contributed by atoms with Crippen LogP contribution in [0.3, 0.4) is 0 Å². The molecule has 8 bridgehead atoms. The molecule has 0 amide bonds. The molecule has 0 saturated carbocycles. The van der Waals surface area contributed by atoms with Gasteiger partial charge in [-0.05, 0) is 60.7 Å². The minimum absolute atomic E-state index is 0.148. The van der Waals surface area contributed by atoms with Crippen molar-refractivity contribution in [1.29, 1.82) is 0 Å². The van der Waals surface area contributed by atoms with Crippen LogP contribution in [-0.4, -0.2) is 30.1 Å². The van der Waals surface area contributed by atoms with Crippen molar-refractivity contribution in [3.63, 3.8) is 0 Å². The minimum Gasteiger partial charge on any atom is -0.392 e. The molecule has 0 unspecified atom stereocenters. The fourth-order valence-corrected chi connectivity index (χ4v) is 3.52. The van der Waals surface area contributed by atoms with Gasteiger partial charge in [-0.25, -0.2) is 9.97 Å². The zero-order valence-electron chi connectivity index (χ0n) is 15.0. The van der Waals surface area contributed by atoms with Crippen LogP contribution in [0.2, 0.25) is 0 Å². The molecular formula is C22H18N4O2. The summed E-state index contributed by atoms with van der Waals surface area (Å²) >= 11 is 0. The molecule has 0 aliphatic carbocycles. The molecule has 0 saturated heterocycles. The predicted octanol–water partition coefficient (Wildman–Crippen LogP) is 3.64. The molecule has 5 rings (SSSR count). The Balaban J connectivity index is 1.92. The molecule has 0 aromatic carbocycles. The zero-order chi connectivity index (χ0) is 19.1. The first-order chi connectivity index (χ1) is 13.7. The summed E-state index contributed by atoms with van der Waals surface area (Å²) in [5.41, 5.74) is 7.80. The maximum atomic E-state index is 9.95. The van der Waals surface area contributed by atoms with E-state index in [4.69, 9.17) is 0 Å². The second kappa shape index (κ2) is 6.60. The maximum Gasteiger partial charge on any atom is 0.0724 e. The standard InChI is InChI=1S/C22H18N4O2/c27-11-17-19-5-3-15(24-19)9-13-1-2-14(23-13)10-16-4-6-20(25-16)18(12-28)22-8-7-21(17)26-22/h1-10,23-24,27-28H,11-12H2. The number of hydrogen-bond acceptors (Lipinski definition) is 4. The van der Waals surface area contributed by atoms with Gasteiger partial charge in [0, 0.05) is 33.2 Å². The third-order valence-electron chi connectivity index (χ3n) is 4.92. The molecular weight excluding hydrogens is 352 g/mol. The number of hydrogen-bond donors (Lipinski definition) is 4. The Morgan fingerprint density at radius 2 is 1.25 bits per heavy atom. The average Bonchev–Trinajstić information content (AvgIpc) is 3.46. The van der Waals surface area contributed by atoms with E-state index in [0.29, 0.717) is 28.2 Å². The number of aromatic nitrogens is 4. The summed E-state index contributed by atoms with van der Waals surface area (Å²) < 4.78 is 0. The van der Waals surface area contributed by atoms with E-state index in [2.05, 4.69) is 19.9 Å². The lowest BCUT2D eigenvalue weighted by Crippen LogP contribution is -1.94. The number of aromatic amines is 2. The maximum absolute atomic E-state index is 9.95. The first-order valence-corrected chi connectivity index (χ1v) is 9.03. The van der Waals surface area contributed by atoms with E-state index in [9.17, 15) is 10.2 Å². The molecule has 28 heavy (non-hydrogen) atoms. The number of nitrogens with zero attached hydrogens (tertiary/aromatic N) is 2. The Labute approximate surface area is 160 Å². The average molecular weight is 370 g/mol. The molecule has 4 N–H and O–H groups in total. The summed E-state index contributed by atoms with van der Waals surface area (Å²) in [6, 6.07) is 11.9. The molecule has 3 aromatic rings. The number of H-pyrrole nitrogens is 2. The minimum atomic E-state index is -0.171. The summed E-state index contributed by atoms with van der Waals surface area (Å²) in [6.07, 6.45) is 7.50. The van der Waals surface area contributed by atoms with E-state index in [1.165, 1.54) is 0 Å². The summed E-state index contributed by atoms with van der Waals surface area (Å²) in [4.78, 5) is 15.9. The van der Waals surface area contributed by atoms with E-state index in [1.54, 1.807) is 0 Å². The van der Waals surface area contributed by atoms with Crippen LogP contribution < -0.4 is 0 Å². The first kappa shape index (κ1) is 16.7. The SMILES string of the molecule is OCc1c2nc(cc3ccc(cc4ccc([nH]4)c(CO)c4nc1C=C4)[nH]3)C=C2. The van der Waals surface area contributed by atoms with Crippen LogP contribution in [-0.2, 0) is 13.2 Å². The molecule has 5 heterocycles. The Kier molecular flexibility index (Phi) is 3.93. The summed E-state index contributed by atoms with van der Waals surface area (Å²) in [7, 11) is 0. The normalized spacial score (nSPS) is 12.6. The molecule has 2 aliphatic heterocycles. The number of nitrogens with one attached hydrogen (secondary N) is 2. The van der Waals surface area contributed by atoms with Crippen molar-refractivity contribution in [2.75, 3.05) is 0 Å². The van der Waals surface area contributed by atoms with Gasteiger partial charge in [0.2, 0.25) is 0 Å². The fraction of sp³-hybridized carbons (Fsp3) is 0.0909. The number of rotatable bonds is 2. The van der Waals surface area contributed by atoms with Crippen LogP contribution in [0, 0.1) is 0 Å².